The van der Waals surface area contributed by atoms with E-state index in [1.54, 1.807) is 18.0 Å². The van der Waals surface area contributed by atoms with E-state index >= 15 is 0 Å². The molecule has 2 rings (SSSR count). The molecule has 4 heteroatoms. The zero-order valence-corrected chi connectivity index (χ0v) is 11.2. The summed E-state index contributed by atoms with van der Waals surface area (Å²) in [5.74, 6) is 0. The maximum Gasteiger partial charge on any atom is 0.101 e. The maximum atomic E-state index is 5.83. The van der Waals surface area contributed by atoms with Crippen LogP contribution < -0.4 is 5.73 Å². The molecule has 0 unspecified atom stereocenters. The predicted octanol–water partition coefficient (Wildman–Crippen LogP) is 3.89. The van der Waals surface area contributed by atoms with E-state index in [1.807, 2.05) is 31.2 Å². The molecule has 0 bridgehead atoms. The molecule has 2 nitrogen and oxygen atoms in total. The summed E-state index contributed by atoms with van der Waals surface area (Å²) in [6.45, 7) is 2.00. The van der Waals surface area contributed by atoms with Crippen LogP contribution in [0.1, 0.15) is 5.56 Å². The first-order valence-electron chi connectivity index (χ1n) is 4.81. The molecule has 0 aliphatic heterocycles. The Kier molecular flexibility index (Phi) is 3.51. The van der Waals surface area contributed by atoms with E-state index in [0.29, 0.717) is 0 Å². The third-order valence-corrected chi connectivity index (χ3v) is 4.10. The van der Waals surface area contributed by atoms with Crippen LogP contribution in [-0.4, -0.2) is 4.98 Å². The Morgan fingerprint density at radius 2 is 2.12 bits per heavy atom. The monoisotopic (exact) mass is 294 g/mol. The summed E-state index contributed by atoms with van der Waals surface area (Å²) < 4.78 is 1.01. The minimum Gasteiger partial charge on any atom is -0.398 e. The van der Waals surface area contributed by atoms with Crippen molar-refractivity contribution >= 4 is 33.4 Å². The van der Waals surface area contributed by atoms with E-state index in [0.717, 1.165) is 25.6 Å². The Balaban J connectivity index is 2.32. The number of nitrogens with zero attached hydrogens (tertiary/aromatic N) is 1. The van der Waals surface area contributed by atoms with E-state index in [9.17, 15) is 0 Å². The number of anilines is 1. The number of rotatable bonds is 2. The maximum absolute atomic E-state index is 5.83. The lowest BCUT2D eigenvalue weighted by molar-refractivity contribution is 1.13. The van der Waals surface area contributed by atoms with Crippen molar-refractivity contribution in [3.8, 4) is 0 Å². The van der Waals surface area contributed by atoms with Crippen LogP contribution in [0.5, 0.6) is 0 Å². The lowest BCUT2D eigenvalue weighted by atomic mass is 10.2. The van der Waals surface area contributed by atoms with Gasteiger partial charge >= 0.3 is 0 Å². The van der Waals surface area contributed by atoms with Gasteiger partial charge in [-0.05, 0) is 52.7 Å². The molecule has 1 aromatic carbocycles. The van der Waals surface area contributed by atoms with E-state index in [1.165, 1.54) is 0 Å². The van der Waals surface area contributed by atoms with Crippen LogP contribution in [-0.2, 0) is 0 Å². The normalized spacial score (nSPS) is 10.4. The zero-order valence-electron chi connectivity index (χ0n) is 8.77. The number of pyridine rings is 1. The summed E-state index contributed by atoms with van der Waals surface area (Å²) in [6.07, 6.45) is 1.79. The number of aryl methyl sites for hydroxylation is 1. The van der Waals surface area contributed by atoms with Gasteiger partial charge in [-0.1, -0.05) is 17.8 Å². The molecular weight excluding hydrogens is 284 g/mol. The number of nitrogen functional groups attached to an aromatic ring is 1. The molecule has 0 aliphatic rings. The van der Waals surface area contributed by atoms with Crippen molar-refractivity contribution in [2.75, 3.05) is 5.73 Å². The first-order chi connectivity index (χ1) is 7.66. The molecule has 16 heavy (non-hydrogen) atoms. The number of nitrogens with two attached hydrogens (primary N) is 1. The van der Waals surface area contributed by atoms with Crippen molar-refractivity contribution in [1.29, 1.82) is 0 Å². The third kappa shape index (κ3) is 2.57. The Labute approximate surface area is 107 Å². The van der Waals surface area contributed by atoms with Gasteiger partial charge in [0, 0.05) is 21.3 Å². The topological polar surface area (TPSA) is 38.9 Å². The van der Waals surface area contributed by atoms with Crippen molar-refractivity contribution in [3.05, 3.63) is 46.6 Å². The van der Waals surface area contributed by atoms with Gasteiger partial charge in [0.05, 0.1) is 0 Å². The fourth-order valence-electron chi connectivity index (χ4n) is 1.27. The van der Waals surface area contributed by atoms with Gasteiger partial charge < -0.3 is 5.73 Å². The Hall–Kier alpha value is -1.00. The minimum absolute atomic E-state index is 0.803. The van der Waals surface area contributed by atoms with Gasteiger partial charge in [-0.3, -0.25) is 0 Å². The molecule has 2 aromatic rings. The van der Waals surface area contributed by atoms with Crippen molar-refractivity contribution in [2.24, 2.45) is 0 Å². The van der Waals surface area contributed by atoms with E-state index in [4.69, 9.17) is 5.73 Å². The smallest absolute Gasteiger partial charge is 0.101 e. The summed E-state index contributed by atoms with van der Waals surface area (Å²) in [4.78, 5) is 5.41. The second-order valence-electron chi connectivity index (χ2n) is 3.41. The van der Waals surface area contributed by atoms with Crippen LogP contribution in [0.3, 0.4) is 0 Å². The van der Waals surface area contributed by atoms with Crippen molar-refractivity contribution < 1.29 is 0 Å². The van der Waals surface area contributed by atoms with Crippen LogP contribution in [0.15, 0.2) is 50.9 Å². The van der Waals surface area contributed by atoms with Gasteiger partial charge in [0.2, 0.25) is 0 Å². The van der Waals surface area contributed by atoms with Gasteiger partial charge in [-0.2, -0.15) is 0 Å². The molecule has 0 amide bonds. The summed E-state index contributed by atoms with van der Waals surface area (Å²) in [5, 5.41) is 0.979. The fraction of sp³-hybridized carbons (Fsp3) is 0.0833. The quantitative estimate of drug-likeness (QED) is 0.854. The Morgan fingerprint density at radius 3 is 2.81 bits per heavy atom. The molecule has 0 atom stereocenters. The molecule has 1 aromatic heterocycles. The van der Waals surface area contributed by atoms with Crippen LogP contribution in [0, 0.1) is 6.92 Å². The highest BCUT2D eigenvalue weighted by atomic mass is 79.9. The van der Waals surface area contributed by atoms with Crippen LogP contribution in [0.2, 0.25) is 0 Å². The molecular formula is C12H11BrN2S. The highest BCUT2D eigenvalue weighted by Crippen LogP contribution is 2.34. The van der Waals surface area contributed by atoms with Gasteiger partial charge in [0.1, 0.15) is 5.03 Å². The molecule has 0 spiro atoms. The number of benzene rings is 1. The van der Waals surface area contributed by atoms with E-state index in [2.05, 4.69) is 27.0 Å². The van der Waals surface area contributed by atoms with Gasteiger partial charge in [-0.15, -0.1) is 0 Å². The molecule has 0 aliphatic carbocycles. The third-order valence-electron chi connectivity index (χ3n) is 2.17. The molecule has 0 saturated heterocycles. The van der Waals surface area contributed by atoms with Gasteiger partial charge in [-0.25, -0.2) is 4.98 Å². The van der Waals surface area contributed by atoms with E-state index < -0.39 is 0 Å². The average Bonchev–Trinajstić information content (AvgIpc) is 2.27. The molecule has 2 N–H and O–H groups in total. The second kappa shape index (κ2) is 4.89. The van der Waals surface area contributed by atoms with Crippen molar-refractivity contribution in [2.45, 2.75) is 16.8 Å². The molecule has 0 saturated carbocycles. The van der Waals surface area contributed by atoms with E-state index in [-0.39, 0.29) is 0 Å². The first kappa shape index (κ1) is 11.5. The lowest BCUT2D eigenvalue weighted by Crippen LogP contribution is -1.90. The SMILES string of the molecule is Cc1cc(Sc2ccccn2)c(Br)cc1N. The molecule has 1 heterocycles. The summed E-state index contributed by atoms with van der Waals surface area (Å²) in [5.41, 5.74) is 7.72. The number of hydrogen-bond acceptors (Lipinski definition) is 3. The van der Waals surface area contributed by atoms with Crippen LogP contribution in [0.25, 0.3) is 0 Å². The van der Waals surface area contributed by atoms with Gasteiger partial charge in [0.25, 0.3) is 0 Å². The van der Waals surface area contributed by atoms with Crippen LogP contribution in [0.4, 0.5) is 5.69 Å². The number of aromatic nitrogens is 1. The second-order valence-corrected chi connectivity index (χ2v) is 5.33. The fourth-order valence-corrected chi connectivity index (χ4v) is 2.75. The predicted molar refractivity (Wildman–Crippen MR) is 71.7 cm³/mol. The van der Waals surface area contributed by atoms with Crippen molar-refractivity contribution in [3.63, 3.8) is 0 Å². The molecule has 0 radical (unpaired) electrons. The lowest BCUT2D eigenvalue weighted by Gasteiger charge is -2.07. The average molecular weight is 295 g/mol. The largest absolute Gasteiger partial charge is 0.398 e. The number of halogens is 1. The Morgan fingerprint density at radius 1 is 1.31 bits per heavy atom. The van der Waals surface area contributed by atoms with Crippen LogP contribution >= 0.6 is 27.7 Å². The zero-order chi connectivity index (χ0) is 11.5. The standard InChI is InChI=1S/C12H11BrN2S/c1-8-6-11(9(13)7-10(8)14)16-12-4-2-3-5-15-12/h2-7H,14H2,1H3. The van der Waals surface area contributed by atoms with Gasteiger partial charge in [0.15, 0.2) is 0 Å². The first-order valence-corrected chi connectivity index (χ1v) is 6.42. The highest BCUT2D eigenvalue weighted by molar-refractivity contribution is 9.10. The molecule has 0 fully saturated rings. The minimum atomic E-state index is 0.803. The summed E-state index contributed by atoms with van der Waals surface area (Å²) >= 11 is 5.13. The molecule has 82 valence electrons. The van der Waals surface area contributed by atoms with Crippen molar-refractivity contribution in [1.82, 2.24) is 4.98 Å². The number of hydrogen-bond donors (Lipinski definition) is 1. The Bertz CT molecular complexity index is 500. The highest BCUT2D eigenvalue weighted by Gasteiger charge is 2.05. The summed E-state index contributed by atoms with van der Waals surface area (Å²) in [6, 6.07) is 9.88. The summed E-state index contributed by atoms with van der Waals surface area (Å²) in [7, 11) is 0.